The van der Waals surface area contributed by atoms with Gasteiger partial charge in [-0.15, -0.1) is 0 Å². The van der Waals surface area contributed by atoms with Crippen LogP contribution in [0.4, 0.5) is 0 Å². The molecule has 0 aromatic carbocycles. The number of carbonyl (C=O) groups excluding carboxylic acids is 2. The molecule has 126 valence electrons. The molecular weight excluding hydrogens is 316 g/mol. The number of nitrogens with zero attached hydrogens (tertiary/aromatic N) is 2. The van der Waals surface area contributed by atoms with Crippen LogP contribution in [0, 0.1) is 11.1 Å². The van der Waals surface area contributed by atoms with E-state index in [1.807, 2.05) is 0 Å². The minimum Gasteiger partial charge on any atom is -0.618 e. The van der Waals surface area contributed by atoms with Gasteiger partial charge in [0.25, 0.3) is 5.03 Å². The summed E-state index contributed by atoms with van der Waals surface area (Å²) < 4.78 is 5.80. The van der Waals surface area contributed by atoms with E-state index in [-0.39, 0.29) is 23.0 Å². The standard InChI is InChI=1S/C16H22N2O4S/c1-3-22-16(20)13-7-10-17(11-8-13)15(19)12(2)23-14-6-4-5-9-18(14)21/h4-6,9,12-13H,3,7-8,10-11H2,1-2H3. The fourth-order valence-corrected chi connectivity index (χ4v) is 3.52. The van der Waals surface area contributed by atoms with Crippen molar-refractivity contribution in [3.05, 3.63) is 29.6 Å². The van der Waals surface area contributed by atoms with Crippen molar-refractivity contribution in [2.45, 2.75) is 37.0 Å². The molecule has 7 heteroatoms. The third-order valence-electron chi connectivity index (χ3n) is 3.86. The van der Waals surface area contributed by atoms with E-state index < -0.39 is 0 Å². The highest BCUT2D eigenvalue weighted by molar-refractivity contribution is 8.00. The number of pyridine rings is 1. The largest absolute Gasteiger partial charge is 0.618 e. The molecule has 1 unspecified atom stereocenters. The average molecular weight is 338 g/mol. The lowest BCUT2D eigenvalue weighted by Crippen LogP contribution is -2.44. The number of amides is 1. The van der Waals surface area contributed by atoms with Crippen LogP contribution in [0.25, 0.3) is 0 Å². The molecule has 6 nitrogen and oxygen atoms in total. The summed E-state index contributed by atoms with van der Waals surface area (Å²) in [5, 5.41) is 11.8. The van der Waals surface area contributed by atoms with Gasteiger partial charge in [-0.25, -0.2) is 0 Å². The Morgan fingerprint density at radius 2 is 2.13 bits per heavy atom. The van der Waals surface area contributed by atoms with Crippen LogP contribution in [0.15, 0.2) is 29.4 Å². The highest BCUT2D eigenvalue weighted by atomic mass is 32.2. The zero-order valence-corrected chi connectivity index (χ0v) is 14.3. The summed E-state index contributed by atoms with van der Waals surface area (Å²) in [6.07, 6.45) is 2.69. The van der Waals surface area contributed by atoms with Crippen molar-refractivity contribution < 1.29 is 19.1 Å². The molecule has 1 saturated heterocycles. The molecule has 0 radical (unpaired) electrons. The second-order valence-electron chi connectivity index (χ2n) is 5.48. The number of likely N-dealkylation sites (tertiary alicyclic amines) is 1. The molecule has 2 rings (SSSR count). The summed E-state index contributed by atoms with van der Waals surface area (Å²) in [7, 11) is 0. The number of hydrogen-bond donors (Lipinski definition) is 0. The number of carbonyl (C=O) groups is 2. The monoisotopic (exact) mass is 338 g/mol. The van der Waals surface area contributed by atoms with Gasteiger partial charge in [0, 0.05) is 25.2 Å². The average Bonchev–Trinajstić information content (AvgIpc) is 2.56. The number of hydrogen-bond acceptors (Lipinski definition) is 5. The molecule has 0 aliphatic carbocycles. The molecule has 1 aliphatic rings. The molecule has 1 aliphatic heterocycles. The van der Waals surface area contributed by atoms with E-state index in [9.17, 15) is 14.8 Å². The van der Waals surface area contributed by atoms with Crippen molar-refractivity contribution in [2.24, 2.45) is 5.92 Å². The van der Waals surface area contributed by atoms with Gasteiger partial charge < -0.3 is 14.8 Å². The van der Waals surface area contributed by atoms with Crippen molar-refractivity contribution >= 4 is 23.6 Å². The zero-order chi connectivity index (χ0) is 16.8. The normalized spacial score (nSPS) is 16.9. The molecule has 1 amide bonds. The van der Waals surface area contributed by atoms with Gasteiger partial charge in [-0.3, -0.25) is 9.59 Å². The molecule has 0 spiro atoms. The Morgan fingerprint density at radius 3 is 2.74 bits per heavy atom. The Kier molecular flexibility index (Phi) is 6.27. The van der Waals surface area contributed by atoms with Gasteiger partial charge in [0.2, 0.25) is 5.91 Å². The smallest absolute Gasteiger partial charge is 0.309 e. The first kappa shape index (κ1) is 17.6. The second kappa shape index (κ2) is 8.19. The Hall–Kier alpha value is -1.76. The first-order valence-electron chi connectivity index (χ1n) is 7.83. The Bertz CT molecular complexity index is 559. The highest BCUT2D eigenvalue weighted by Gasteiger charge is 2.31. The summed E-state index contributed by atoms with van der Waals surface area (Å²) in [6.45, 7) is 5.09. The Morgan fingerprint density at radius 1 is 1.43 bits per heavy atom. The lowest BCUT2D eigenvalue weighted by molar-refractivity contribution is -0.645. The quantitative estimate of drug-likeness (QED) is 0.353. The summed E-state index contributed by atoms with van der Waals surface area (Å²) in [5.41, 5.74) is 0. The van der Waals surface area contributed by atoms with E-state index in [0.29, 0.717) is 37.6 Å². The van der Waals surface area contributed by atoms with Crippen LogP contribution in [0.3, 0.4) is 0 Å². The molecule has 23 heavy (non-hydrogen) atoms. The molecule has 1 aromatic heterocycles. The molecule has 0 bridgehead atoms. The molecule has 1 fully saturated rings. The second-order valence-corrected chi connectivity index (χ2v) is 6.84. The summed E-state index contributed by atoms with van der Waals surface area (Å²) in [4.78, 5) is 26.0. The van der Waals surface area contributed by atoms with Gasteiger partial charge in [-0.1, -0.05) is 0 Å². The number of rotatable bonds is 5. The van der Waals surface area contributed by atoms with Gasteiger partial charge in [-0.2, -0.15) is 4.73 Å². The van der Waals surface area contributed by atoms with Gasteiger partial charge >= 0.3 is 5.97 Å². The number of thioether (sulfide) groups is 1. The maximum Gasteiger partial charge on any atom is 0.309 e. The van der Waals surface area contributed by atoms with Crippen LogP contribution in [0.2, 0.25) is 0 Å². The highest BCUT2D eigenvalue weighted by Crippen LogP contribution is 2.24. The van der Waals surface area contributed by atoms with Gasteiger partial charge in [0.05, 0.1) is 17.8 Å². The molecule has 2 heterocycles. The predicted molar refractivity (Wildman–Crippen MR) is 86.7 cm³/mol. The number of esters is 1. The summed E-state index contributed by atoms with van der Waals surface area (Å²) in [6, 6.07) is 5.14. The van der Waals surface area contributed by atoms with Gasteiger partial charge in [-0.05, 0) is 44.5 Å². The van der Waals surface area contributed by atoms with Crippen LogP contribution in [-0.2, 0) is 14.3 Å². The van der Waals surface area contributed by atoms with Gasteiger partial charge in [0.1, 0.15) is 0 Å². The van der Waals surface area contributed by atoms with Crippen molar-refractivity contribution in [3.8, 4) is 0 Å². The van der Waals surface area contributed by atoms with E-state index in [1.54, 1.807) is 36.9 Å². The van der Waals surface area contributed by atoms with Crippen molar-refractivity contribution in [1.82, 2.24) is 4.90 Å². The molecular formula is C16H22N2O4S. The number of ether oxygens (including phenoxy) is 1. The Balaban J connectivity index is 1.87. The summed E-state index contributed by atoms with van der Waals surface area (Å²) >= 11 is 1.25. The fourth-order valence-electron chi connectivity index (χ4n) is 2.59. The maximum absolute atomic E-state index is 12.5. The first-order valence-corrected chi connectivity index (χ1v) is 8.71. The van der Waals surface area contributed by atoms with Crippen LogP contribution in [0.1, 0.15) is 26.7 Å². The minimum absolute atomic E-state index is 0.00108. The van der Waals surface area contributed by atoms with Crippen molar-refractivity contribution in [3.63, 3.8) is 0 Å². The lowest BCUT2D eigenvalue weighted by atomic mass is 9.97. The van der Waals surface area contributed by atoms with Crippen LogP contribution < -0.4 is 4.73 Å². The van der Waals surface area contributed by atoms with E-state index in [0.717, 1.165) is 4.73 Å². The van der Waals surface area contributed by atoms with E-state index in [4.69, 9.17) is 4.74 Å². The third kappa shape index (κ3) is 4.60. The summed E-state index contributed by atoms with van der Waals surface area (Å²) in [5.74, 6) is -0.278. The first-order chi connectivity index (χ1) is 11.0. The number of piperidine rings is 1. The molecule has 0 N–H and O–H groups in total. The Labute approximate surface area is 140 Å². The maximum atomic E-state index is 12.5. The fraction of sp³-hybridized carbons (Fsp3) is 0.562. The van der Waals surface area contributed by atoms with Crippen molar-refractivity contribution in [1.29, 1.82) is 0 Å². The number of aromatic nitrogens is 1. The van der Waals surface area contributed by atoms with Crippen LogP contribution in [0.5, 0.6) is 0 Å². The SMILES string of the molecule is CCOC(=O)C1CCN(C(=O)C(C)Sc2cccc[n+]2[O-])CC1. The van der Waals surface area contributed by atoms with E-state index >= 15 is 0 Å². The molecule has 1 atom stereocenters. The van der Waals surface area contributed by atoms with E-state index in [2.05, 4.69) is 0 Å². The van der Waals surface area contributed by atoms with E-state index in [1.165, 1.54) is 18.0 Å². The lowest BCUT2D eigenvalue weighted by Gasteiger charge is -2.32. The van der Waals surface area contributed by atoms with Crippen molar-refractivity contribution in [2.75, 3.05) is 19.7 Å². The van der Waals surface area contributed by atoms with Gasteiger partial charge in [0.15, 0.2) is 6.20 Å². The predicted octanol–water partition coefficient (Wildman–Crippen LogP) is 1.60. The van der Waals surface area contributed by atoms with Crippen LogP contribution >= 0.6 is 11.8 Å². The third-order valence-corrected chi connectivity index (χ3v) is 4.97. The topological polar surface area (TPSA) is 73.5 Å². The van der Waals surface area contributed by atoms with Crippen LogP contribution in [-0.4, -0.2) is 41.7 Å². The molecule has 1 aromatic rings. The minimum atomic E-state index is -0.336. The zero-order valence-electron chi connectivity index (χ0n) is 13.4. The molecule has 0 saturated carbocycles.